The van der Waals surface area contributed by atoms with Crippen LogP contribution in [-0.2, 0) is 0 Å². The maximum absolute atomic E-state index is 11.7. The van der Waals surface area contributed by atoms with Gasteiger partial charge in [-0.2, -0.15) is 5.10 Å². The van der Waals surface area contributed by atoms with Crippen molar-refractivity contribution in [1.82, 2.24) is 5.43 Å². The first-order valence-corrected chi connectivity index (χ1v) is 6.40. The van der Waals surface area contributed by atoms with Gasteiger partial charge in [0.05, 0.1) is 11.2 Å². The Bertz CT molecular complexity index is 658. The molecule has 0 saturated carbocycles. The second kappa shape index (κ2) is 6.41. The summed E-state index contributed by atoms with van der Waals surface area (Å²) in [6.07, 6.45) is 1.27. The lowest BCUT2D eigenvalue weighted by Crippen LogP contribution is -2.17. The molecule has 102 valence electrons. The second-order valence-electron chi connectivity index (χ2n) is 3.89. The Morgan fingerprint density at radius 3 is 2.60 bits per heavy atom. The molecule has 0 aliphatic carbocycles. The van der Waals surface area contributed by atoms with Gasteiger partial charge in [-0.15, -0.1) is 0 Å². The average Bonchev–Trinajstić information content (AvgIpc) is 2.44. The molecule has 0 aromatic heterocycles. The van der Waals surface area contributed by atoms with E-state index < -0.39 is 0 Å². The van der Waals surface area contributed by atoms with E-state index >= 15 is 0 Å². The van der Waals surface area contributed by atoms with Crippen molar-refractivity contribution in [1.29, 1.82) is 0 Å². The second-order valence-corrected chi connectivity index (χ2v) is 4.73. The largest absolute Gasteiger partial charge is 0.506 e. The molecule has 2 rings (SSSR count). The van der Waals surface area contributed by atoms with Gasteiger partial charge in [-0.25, -0.2) is 5.43 Å². The van der Waals surface area contributed by atoms with Crippen molar-refractivity contribution in [2.45, 2.75) is 0 Å². The molecule has 0 atom stereocenters. The molecule has 0 radical (unpaired) electrons. The van der Waals surface area contributed by atoms with E-state index in [4.69, 9.17) is 23.2 Å². The molecule has 20 heavy (non-hydrogen) atoms. The summed E-state index contributed by atoms with van der Waals surface area (Å²) in [7, 11) is 0. The van der Waals surface area contributed by atoms with E-state index in [1.807, 2.05) is 6.07 Å². The lowest BCUT2D eigenvalue weighted by Gasteiger charge is -2.03. The molecule has 0 saturated heterocycles. The van der Waals surface area contributed by atoms with Gasteiger partial charge >= 0.3 is 0 Å². The Hall–Kier alpha value is -2.04. The molecule has 1 amide bonds. The molecule has 0 heterocycles. The third-order valence-electron chi connectivity index (χ3n) is 2.46. The highest BCUT2D eigenvalue weighted by atomic mass is 35.5. The summed E-state index contributed by atoms with van der Waals surface area (Å²) in [5, 5.41) is 14.0. The van der Waals surface area contributed by atoms with Gasteiger partial charge in [0.25, 0.3) is 5.91 Å². The standard InChI is InChI=1S/C14H10Cl2N2O2/c15-11-6-10(13(19)12(16)7-11)8-17-18-14(20)9-4-2-1-3-5-9/h1-8,19H,(H,18,20). The predicted molar refractivity (Wildman–Crippen MR) is 79.6 cm³/mol. The van der Waals surface area contributed by atoms with E-state index in [2.05, 4.69) is 10.5 Å². The Morgan fingerprint density at radius 2 is 1.90 bits per heavy atom. The van der Waals surface area contributed by atoms with Crippen LogP contribution < -0.4 is 5.43 Å². The number of amides is 1. The fourth-order valence-corrected chi connectivity index (χ4v) is 2.01. The van der Waals surface area contributed by atoms with Crippen molar-refractivity contribution in [3.8, 4) is 5.75 Å². The quantitative estimate of drug-likeness (QED) is 0.674. The summed E-state index contributed by atoms with van der Waals surface area (Å²) in [4.78, 5) is 11.7. The van der Waals surface area contributed by atoms with Crippen molar-refractivity contribution in [2.75, 3.05) is 0 Å². The number of hydrogen-bond acceptors (Lipinski definition) is 3. The zero-order valence-electron chi connectivity index (χ0n) is 10.2. The summed E-state index contributed by atoms with van der Waals surface area (Å²) >= 11 is 11.6. The van der Waals surface area contributed by atoms with Crippen LogP contribution in [0.25, 0.3) is 0 Å². The predicted octanol–water partition coefficient (Wildman–Crippen LogP) is 3.46. The van der Waals surface area contributed by atoms with Gasteiger partial charge in [0.2, 0.25) is 0 Å². The molecule has 0 aliphatic rings. The van der Waals surface area contributed by atoms with Gasteiger partial charge < -0.3 is 5.11 Å². The maximum atomic E-state index is 11.7. The van der Waals surface area contributed by atoms with Gasteiger partial charge in [-0.05, 0) is 24.3 Å². The van der Waals surface area contributed by atoms with Crippen LogP contribution in [0.1, 0.15) is 15.9 Å². The molecule has 2 aromatic carbocycles. The van der Waals surface area contributed by atoms with E-state index in [1.165, 1.54) is 18.3 Å². The van der Waals surface area contributed by atoms with E-state index in [9.17, 15) is 9.90 Å². The van der Waals surface area contributed by atoms with Crippen molar-refractivity contribution >= 4 is 35.3 Å². The first-order chi connectivity index (χ1) is 9.58. The van der Waals surface area contributed by atoms with Crippen LogP contribution >= 0.6 is 23.2 Å². The van der Waals surface area contributed by atoms with Gasteiger partial charge in [0.1, 0.15) is 5.75 Å². The van der Waals surface area contributed by atoms with Crippen molar-refractivity contribution < 1.29 is 9.90 Å². The molecule has 6 heteroatoms. The third kappa shape index (κ3) is 3.50. The third-order valence-corrected chi connectivity index (χ3v) is 2.97. The summed E-state index contributed by atoms with van der Waals surface area (Å²) in [5.74, 6) is -0.497. The fourth-order valence-electron chi connectivity index (χ4n) is 1.50. The highest BCUT2D eigenvalue weighted by Gasteiger charge is 2.06. The summed E-state index contributed by atoms with van der Waals surface area (Å²) < 4.78 is 0. The SMILES string of the molecule is O=C(NN=Cc1cc(Cl)cc(Cl)c1O)c1ccccc1. The summed E-state index contributed by atoms with van der Waals surface area (Å²) in [5.41, 5.74) is 3.15. The molecule has 0 fully saturated rings. The number of carbonyl (C=O) groups excluding carboxylic acids is 1. The topological polar surface area (TPSA) is 61.7 Å². The zero-order chi connectivity index (χ0) is 14.5. The van der Waals surface area contributed by atoms with Gasteiger partial charge in [-0.3, -0.25) is 4.79 Å². The molecule has 0 bridgehead atoms. The van der Waals surface area contributed by atoms with Gasteiger partial charge in [0.15, 0.2) is 0 Å². The number of carbonyl (C=O) groups is 1. The van der Waals surface area contributed by atoms with Crippen LogP contribution in [0.5, 0.6) is 5.75 Å². The minimum absolute atomic E-state index is 0.119. The van der Waals surface area contributed by atoms with Crippen LogP contribution in [-0.4, -0.2) is 17.2 Å². The van der Waals surface area contributed by atoms with Crippen LogP contribution in [0, 0.1) is 0 Å². The Morgan fingerprint density at radius 1 is 1.20 bits per heavy atom. The molecule has 0 aliphatic heterocycles. The first-order valence-electron chi connectivity index (χ1n) is 5.64. The molecular formula is C14H10Cl2N2O2. The number of halogens is 2. The number of hydrazone groups is 1. The van der Waals surface area contributed by atoms with Crippen molar-refractivity contribution in [3.63, 3.8) is 0 Å². The Balaban J connectivity index is 2.10. The number of hydrogen-bond donors (Lipinski definition) is 2. The minimum atomic E-state index is -0.352. The number of phenols is 1. The Kier molecular flexibility index (Phi) is 4.61. The number of aromatic hydroxyl groups is 1. The number of phenolic OH excluding ortho intramolecular Hbond substituents is 1. The summed E-state index contributed by atoms with van der Waals surface area (Å²) in [6, 6.07) is 11.5. The van der Waals surface area contributed by atoms with E-state index in [0.29, 0.717) is 16.1 Å². The molecule has 4 nitrogen and oxygen atoms in total. The number of benzene rings is 2. The molecule has 2 aromatic rings. The zero-order valence-corrected chi connectivity index (χ0v) is 11.7. The fraction of sp³-hybridized carbons (Fsp3) is 0. The van der Waals surface area contributed by atoms with Crippen molar-refractivity contribution in [3.05, 3.63) is 63.6 Å². The Labute approximate surface area is 125 Å². The molecule has 0 unspecified atom stereocenters. The smallest absolute Gasteiger partial charge is 0.271 e. The molecule has 0 spiro atoms. The lowest BCUT2D eigenvalue weighted by atomic mass is 10.2. The van der Waals surface area contributed by atoms with Crippen LogP contribution in [0.15, 0.2) is 47.6 Å². The van der Waals surface area contributed by atoms with E-state index in [0.717, 1.165) is 0 Å². The minimum Gasteiger partial charge on any atom is -0.506 e. The maximum Gasteiger partial charge on any atom is 0.271 e. The first kappa shape index (κ1) is 14.4. The van der Waals surface area contributed by atoms with Crippen LogP contribution in [0.2, 0.25) is 10.0 Å². The average molecular weight is 309 g/mol. The number of nitrogens with one attached hydrogen (secondary N) is 1. The number of rotatable bonds is 3. The van der Waals surface area contributed by atoms with Crippen LogP contribution in [0.4, 0.5) is 0 Å². The molecular weight excluding hydrogens is 299 g/mol. The molecule has 2 N–H and O–H groups in total. The number of nitrogens with zero attached hydrogens (tertiary/aromatic N) is 1. The normalized spacial score (nSPS) is 10.7. The van der Waals surface area contributed by atoms with Gasteiger partial charge in [0, 0.05) is 16.1 Å². The highest BCUT2D eigenvalue weighted by molar-refractivity contribution is 6.36. The van der Waals surface area contributed by atoms with E-state index in [-0.39, 0.29) is 16.7 Å². The van der Waals surface area contributed by atoms with Crippen molar-refractivity contribution in [2.24, 2.45) is 5.10 Å². The highest BCUT2D eigenvalue weighted by Crippen LogP contribution is 2.29. The monoisotopic (exact) mass is 308 g/mol. The van der Waals surface area contributed by atoms with E-state index in [1.54, 1.807) is 24.3 Å². The lowest BCUT2D eigenvalue weighted by molar-refractivity contribution is 0.0955. The van der Waals surface area contributed by atoms with Crippen LogP contribution in [0.3, 0.4) is 0 Å². The summed E-state index contributed by atoms with van der Waals surface area (Å²) in [6.45, 7) is 0. The van der Waals surface area contributed by atoms with Gasteiger partial charge in [-0.1, -0.05) is 41.4 Å².